The fourth-order valence-electron chi connectivity index (χ4n) is 2.08. The molecule has 0 aliphatic heterocycles. The first-order valence-corrected chi connectivity index (χ1v) is 5.64. The molecule has 2 rings (SSSR count). The Morgan fingerprint density at radius 2 is 1.94 bits per heavy atom. The Bertz CT molecular complexity index is 523. The molecular weight excluding hydrogens is 214 g/mol. The molecule has 0 aliphatic carbocycles. The van der Waals surface area contributed by atoms with Crippen molar-refractivity contribution in [2.45, 2.75) is 6.42 Å². The molecule has 17 heavy (non-hydrogen) atoms. The Labute approximate surface area is 101 Å². The number of hydrogen-bond acceptors (Lipinski definition) is 3. The second-order valence-corrected chi connectivity index (χ2v) is 3.88. The first kappa shape index (κ1) is 11.7. The minimum absolute atomic E-state index is 0.633. The van der Waals surface area contributed by atoms with Crippen molar-refractivity contribution in [2.24, 2.45) is 5.73 Å². The predicted octanol–water partition coefficient (Wildman–Crippen LogP) is 2.36. The van der Waals surface area contributed by atoms with Gasteiger partial charge in [-0.3, -0.25) is 0 Å². The number of nitrogens with two attached hydrogens (primary N) is 1. The van der Waals surface area contributed by atoms with Gasteiger partial charge < -0.3 is 15.2 Å². The molecule has 0 heterocycles. The lowest BCUT2D eigenvalue weighted by Crippen LogP contribution is -2.03. The zero-order chi connectivity index (χ0) is 12.3. The summed E-state index contributed by atoms with van der Waals surface area (Å²) in [5.41, 5.74) is 6.85. The summed E-state index contributed by atoms with van der Waals surface area (Å²) in [6.07, 6.45) is 0.847. The smallest absolute Gasteiger partial charge is 0.130 e. The molecule has 0 atom stereocenters. The van der Waals surface area contributed by atoms with Crippen molar-refractivity contribution in [3.8, 4) is 11.5 Å². The third kappa shape index (κ3) is 2.19. The molecule has 0 aromatic heterocycles. The van der Waals surface area contributed by atoms with E-state index in [4.69, 9.17) is 15.2 Å². The number of benzene rings is 2. The molecule has 0 spiro atoms. The number of methoxy groups -OCH3 is 2. The molecule has 0 saturated heterocycles. The van der Waals surface area contributed by atoms with Gasteiger partial charge in [0, 0.05) is 11.5 Å². The largest absolute Gasteiger partial charge is 0.497 e. The van der Waals surface area contributed by atoms with E-state index in [1.807, 2.05) is 18.2 Å². The van der Waals surface area contributed by atoms with Gasteiger partial charge in [-0.25, -0.2) is 0 Å². The van der Waals surface area contributed by atoms with Gasteiger partial charge in [-0.15, -0.1) is 0 Å². The van der Waals surface area contributed by atoms with Gasteiger partial charge in [-0.2, -0.15) is 0 Å². The Hall–Kier alpha value is -1.74. The maximum absolute atomic E-state index is 5.63. The quantitative estimate of drug-likeness (QED) is 0.878. The van der Waals surface area contributed by atoms with Gasteiger partial charge in [0.2, 0.25) is 0 Å². The minimum atomic E-state index is 0.633. The van der Waals surface area contributed by atoms with E-state index in [0.717, 1.165) is 28.7 Å². The van der Waals surface area contributed by atoms with Crippen molar-refractivity contribution in [2.75, 3.05) is 20.8 Å². The Kier molecular flexibility index (Phi) is 3.49. The van der Waals surface area contributed by atoms with Gasteiger partial charge in [0.25, 0.3) is 0 Å². The molecule has 0 radical (unpaired) electrons. The highest BCUT2D eigenvalue weighted by Crippen LogP contribution is 2.33. The van der Waals surface area contributed by atoms with Crippen LogP contribution in [0.25, 0.3) is 10.8 Å². The van der Waals surface area contributed by atoms with Crippen LogP contribution in [0.1, 0.15) is 5.56 Å². The summed E-state index contributed by atoms with van der Waals surface area (Å²) in [6, 6.07) is 10.1. The highest BCUT2D eigenvalue weighted by Gasteiger charge is 2.08. The number of ether oxygens (including phenoxy) is 2. The molecule has 0 aliphatic rings. The SMILES string of the molecule is COc1cc(OC)c2c(CCN)cccc2c1. The van der Waals surface area contributed by atoms with Crippen LogP contribution in [0.2, 0.25) is 0 Å². The average molecular weight is 231 g/mol. The van der Waals surface area contributed by atoms with Gasteiger partial charge in [-0.1, -0.05) is 18.2 Å². The molecule has 3 heteroatoms. The number of rotatable bonds is 4. The van der Waals surface area contributed by atoms with Gasteiger partial charge in [-0.05, 0) is 30.0 Å². The lowest BCUT2D eigenvalue weighted by molar-refractivity contribution is 0.398. The van der Waals surface area contributed by atoms with Gasteiger partial charge in [0.15, 0.2) is 0 Å². The second kappa shape index (κ2) is 5.06. The maximum atomic E-state index is 5.63. The topological polar surface area (TPSA) is 44.5 Å². The fourth-order valence-corrected chi connectivity index (χ4v) is 2.08. The van der Waals surface area contributed by atoms with E-state index in [2.05, 4.69) is 12.1 Å². The second-order valence-electron chi connectivity index (χ2n) is 3.88. The number of fused-ring (bicyclic) bond motifs is 1. The Morgan fingerprint density at radius 3 is 2.59 bits per heavy atom. The van der Waals surface area contributed by atoms with E-state index in [1.54, 1.807) is 14.2 Å². The van der Waals surface area contributed by atoms with E-state index < -0.39 is 0 Å². The molecular formula is C14H17NO2. The van der Waals surface area contributed by atoms with Crippen molar-refractivity contribution < 1.29 is 9.47 Å². The van der Waals surface area contributed by atoms with E-state index in [9.17, 15) is 0 Å². The molecule has 90 valence electrons. The van der Waals surface area contributed by atoms with Crippen LogP contribution in [0, 0.1) is 0 Å². The molecule has 0 bridgehead atoms. The van der Waals surface area contributed by atoms with Gasteiger partial charge in [0.1, 0.15) is 11.5 Å². The first-order valence-electron chi connectivity index (χ1n) is 5.64. The molecule has 2 N–H and O–H groups in total. The Balaban J connectivity index is 2.70. The zero-order valence-electron chi connectivity index (χ0n) is 10.2. The highest BCUT2D eigenvalue weighted by molar-refractivity contribution is 5.92. The van der Waals surface area contributed by atoms with Crippen molar-refractivity contribution >= 4 is 10.8 Å². The van der Waals surface area contributed by atoms with E-state index in [-0.39, 0.29) is 0 Å². The highest BCUT2D eigenvalue weighted by atomic mass is 16.5. The van der Waals surface area contributed by atoms with Crippen LogP contribution in [-0.2, 0) is 6.42 Å². The fraction of sp³-hybridized carbons (Fsp3) is 0.286. The van der Waals surface area contributed by atoms with E-state index >= 15 is 0 Å². The summed E-state index contributed by atoms with van der Waals surface area (Å²) in [7, 11) is 3.33. The van der Waals surface area contributed by atoms with Crippen LogP contribution in [0.5, 0.6) is 11.5 Å². The standard InChI is InChI=1S/C14H17NO2/c1-16-12-8-11-5-3-4-10(6-7-15)14(11)13(9-12)17-2/h3-5,8-9H,6-7,15H2,1-2H3. The lowest BCUT2D eigenvalue weighted by atomic mass is 10.0. The van der Waals surface area contributed by atoms with Crippen molar-refractivity contribution in [1.82, 2.24) is 0 Å². The lowest BCUT2D eigenvalue weighted by Gasteiger charge is -2.12. The molecule has 2 aromatic carbocycles. The number of hydrogen-bond donors (Lipinski definition) is 1. The average Bonchev–Trinajstić information content (AvgIpc) is 2.38. The monoisotopic (exact) mass is 231 g/mol. The maximum Gasteiger partial charge on any atom is 0.130 e. The van der Waals surface area contributed by atoms with Crippen molar-refractivity contribution in [3.05, 3.63) is 35.9 Å². The van der Waals surface area contributed by atoms with Gasteiger partial charge in [0.05, 0.1) is 14.2 Å². The predicted molar refractivity (Wildman–Crippen MR) is 69.8 cm³/mol. The summed E-state index contributed by atoms with van der Waals surface area (Å²) in [5.74, 6) is 1.64. The molecule has 3 nitrogen and oxygen atoms in total. The molecule has 2 aromatic rings. The molecule has 0 amide bonds. The van der Waals surface area contributed by atoms with Crippen LogP contribution in [0.3, 0.4) is 0 Å². The minimum Gasteiger partial charge on any atom is -0.497 e. The van der Waals surface area contributed by atoms with Crippen LogP contribution in [0.15, 0.2) is 30.3 Å². The van der Waals surface area contributed by atoms with E-state index in [1.165, 1.54) is 5.56 Å². The third-order valence-electron chi connectivity index (χ3n) is 2.87. The van der Waals surface area contributed by atoms with Crippen molar-refractivity contribution in [3.63, 3.8) is 0 Å². The normalized spacial score (nSPS) is 10.5. The summed E-state index contributed by atoms with van der Waals surface area (Å²) < 4.78 is 10.7. The van der Waals surface area contributed by atoms with Gasteiger partial charge >= 0.3 is 0 Å². The molecule has 0 saturated carbocycles. The first-order chi connectivity index (χ1) is 8.30. The van der Waals surface area contributed by atoms with E-state index in [0.29, 0.717) is 6.54 Å². The van der Waals surface area contributed by atoms with Crippen LogP contribution in [0.4, 0.5) is 0 Å². The molecule has 0 unspecified atom stereocenters. The van der Waals surface area contributed by atoms with Crippen molar-refractivity contribution in [1.29, 1.82) is 0 Å². The summed E-state index contributed by atoms with van der Waals surface area (Å²) in [5, 5.41) is 2.24. The Morgan fingerprint density at radius 1 is 1.12 bits per heavy atom. The van der Waals surface area contributed by atoms with Crippen LogP contribution in [-0.4, -0.2) is 20.8 Å². The summed E-state index contributed by atoms with van der Waals surface area (Å²) >= 11 is 0. The summed E-state index contributed by atoms with van der Waals surface area (Å²) in [4.78, 5) is 0. The third-order valence-corrected chi connectivity index (χ3v) is 2.87. The zero-order valence-corrected chi connectivity index (χ0v) is 10.2. The summed E-state index contributed by atoms with van der Waals surface area (Å²) in [6.45, 7) is 0.633. The van der Waals surface area contributed by atoms with Crippen LogP contribution >= 0.6 is 0 Å². The molecule has 0 fully saturated rings. The van der Waals surface area contributed by atoms with Crippen LogP contribution < -0.4 is 15.2 Å².